The molecule has 1 amide bonds. The maximum Gasteiger partial charge on any atom is 0.251 e. The largest absolute Gasteiger partial charge is 0.454 e. The van der Waals surface area contributed by atoms with Gasteiger partial charge in [0.2, 0.25) is 6.79 Å². The highest BCUT2D eigenvalue weighted by molar-refractivity contribution is 6.32. The van der Waals surface area contributed by atoms with Crippen LogP contribution in [0.25, 0.3) is 0 Å². The van der Waals surface area contributed by atoms with E-state index in [9.17, 15) is 4.79 Å². The summed E-state index contributed by atoms with van der Waals surface area (Å²) in [4.78, 5) is 14.6. The van der Waals surface area contributed by atoms with Crippen molar-refractivity contribution in [2.75, 3.05) is 33.0 Å². The zero-order chi connectivity index (χ0) is 16.4. The van der Waals surface area contributed by atoms with Crippen molar-refractivity contribution in [2.45, 2.75) is 26.1 Å². The number of hydrogen-bond acceptors (Lipinski definition) is 5. The normalized spacial score (nSPS) is 23.8. The van der Waals surface area contributed by atoms with Crippen LogP contribution in [-0.2, 0) is 4.74 Å². The fourth-order valence-corrected chi connectivity index (χ4v) is 3.26. The SMILES string of the molecule is C[C@@H]1CN(CCNC(=O)c2cc(Cl)c3c(c2)OCO3)C[C@@H](C)O1. The first-order valence-electron chi connectivity index (χ1n) is 7.78. The van der Waals surface area contributed by atoms with Crippen LogP contribution in [0, 0.1) is 0 Å². The van der Waals surface area contributed by atoms with E-state index >= 15 is 0 Å². The standard InChI is InChI=1S/C16H21ClN2O4/c1-10-7-19(8-11(2)23-10)4-3-18-16(20)12-5-13(17)15-14(6-12)21-9-22-15/h5-6,10-11H,3-4,7-9H2,1-2H3,(H,18,20)/t10-,11-/m1/s1. The molecular formula is C16H21ClN2O4. The van der Waals surface area contributed by atoms with Crippen molar-refractivity contribution in [1.82, 2.24) is 10.2 Å². The molecule has 0 bridgehead atoms. The predicted molar refractivity (Wildman–Crippen MR) is 86.4 cm³/mol. The van der Waals surface area contributed by atoms with Gasteiger partial charge in [0.05, 0.1) is 17.2 Å². The van der Waals surface area contributed by atoms with Gasteiger partial charge in [0.1, 0.15) is 0 Å². The lowest BCUT2D eigenvalue weighted by atomic mass is 10.2. The molecule has 1 N–H and O–H groups in total. The molecule has 0 aliphatic carbocycles. The van der Waals surface area contributed by atoms with Gasteiger partial charge in [-0.15, -0.1) is 0 Å². The first-order valence-corrected chi connectivity index (χ1v) is 8.16. The van der Waals surface area contributed by atoms with Crippen LogP contribution in [0.15, 0.2) is 12.1 Å². The number of halogens is 1. The summed E-state index contributed by atoms with van der Waals surface area (Å²) < 4.78 is 16.2. The molecule has 3 rings (SSSR count). The minimum Gasteiger partial charge on any atom is -0.454 e. The monoisotopic (exact) mass is 340 g/mol. The highest BCUT2D eigenvalue weighted by Gasteiger charge is 2.23. The third kappa shape index (κ3) is 3.88. The van der Waals surface area contributed by atoms with Crippen LogP contribution < -0.4 is 14.8 Å². The fourth-order valence-electron chi connectivity index (χ4n) is 3.00. The van der Waals surface area contributed by atoms with Gasteiger partial charge in [-0.05, 0) is 26.0 Å². The molecule has 126 valence electrons. The van der Waals surface area contributed by atoms with E-state index < -0.39 is 0 Å². The lowest BCUT2D eigenvalue weighted by Gasteiger charge is -2.35. The van der Waals surface area contributed by atoms with Gasteiger partial charge in [-0.1, -0.05) is 11.6 Å². The van der Waals surface area contributed by atoms with E-state index in [-0.39, 0.29) is 24.9 Å². The van der Waals surface area contributed by atoms with Gasteiger partial charge >= 0.3 is 0 Å². The molecule has 1 fully saturated rings. The third-order valence-electron chi connectivity index (χ3n) is 3.90. The van der Waals surface area contributed by atoms with Crippen molar-refractivity contribution >= 4 is 17.5 Å². The number of benzene rings is 1. The number of ether oxygens (including phenoxy) is 3. The van der Waals surface area contributed by atoms with Crippen LogP contribution >= 0.6 is 11.6 Å². The number of carbonyl (C=O) groups is 1. The highest BCUT2D eigenvalue weighted by atomic mass is 35.5. The molecule has 6 nitrogen and oxygen atoms in total. The molecule has 0 spiro atoms. The number of amides is 1. The topological polar surface area (TPSA) is 60.0 Å². The molecule has 1 saturated heterocycles. The molecule has 0 aromatic heterocycles. The van der Waals surface area contributed by atoms with Gasteiger partial charge in [-0.3, -0.25) is 9.69 Å². The highest BCUT2D eigenvalue weighted by Crippen LogP contribution is 2.39. The molecule has 2 atom stereocenters. The van der Waals surface area contributed by atoms with Gasteiger partial charge in [0.15, 0.2) is 11.5 Å². The molecule has 0 radical (unpaired) electrons. The average molecular weight is 341 g/mol. The number of fused-ring (bicyclic) bond motifs is 1. The fraction of sp³-hybridized carbons (Fsp3) is 0.562. The van der Waals surface area contributed by atoms with Crippen molar-refractivity contribution in [3.05, 3.63) is 22.7 Å². The average Bonchev–Trinajstić information content (AvgIpc) is 2.95. The number of nitrogens with one attached hydrogen (secondary N) is 1. The van der Waals surface area contributed by atoms with E-state index in [2.05, 4.69) is 24.1 Å². The molecule has 1 aromatic carbocycles. The summed E-state index contributed by atoms with van der Waals surface area (Å²) in [5.74, 6) is 0.845. The van der Waals surface area contributed by atoms with Crippen LogP contribution in [0.2, 0.25) is 5.02 Å². The Morgan fingerprint density at radius 3 is 2.78 bits per heavy atom. The zero-order valence-electron chi connectivity index (χ0n) is 13.3. The van der Waals surface area contributed by atoms with Gasteiger partial charge in [-0.2, -0.15) is 0 Å². The Bertz CT molecular complexity index is 586. The number of morpholine rings is 1. The summed E-state index contributed by atoms with van der Waals surface area (Å²) in [6.07, 6.45) is 0.448. The maximum atomic E-state index is 12.3. The lowest BCUT2D eigenvalue weighted by Crippen LogP contribution is -2.47. The molecule has 23 heavy (non-hydrogen) atoms. The second-order valence-corrected chi connectivity index (χ2v) is 6.37. The molecule has 0 unspecified atom stereocenters. The molecule has 2 heterocycles. The van der Waals surface area contributed by atoms with E-state index in [1.807, 2.05) is 0 Å². The van der Waals surface area contributed by atoms with Crippen molar-refractivity contribution in [3.8, 4) is 11.5 Å². The minimum absolute atomic E-state index is 0.132. The maximum absolute atomic E-state index is 12.3. The number of hydrogen-bond donors (Lipinski definition) is 1. The summed E-state index contributed by atoms with van der Waals surface area (Å²) in [5, 5.41) is 3.31. The summed E-state index contributed by atoms with van der Waals surface area (Å²) in [5.41, 5.74) is 0.475. The van der Waals surface area contributed by atoms with E-state index in [0.717, 1.165) is 19.6 Å². The zero-order valence-corrected chi connectivity index (χ0v) is 14.1. The first-order chi connectivity index (χ1) is 11.0. The Hall–Kier alpha value is -1.50. The quantitative estimate of drug-likeness (QED) is 0.907. The minimum atomic E-state index is -0.167. The van der Waals surface area contributed by atoms with E-state index in [1.165, 1.54) is 0 Å². The molecule has 7 heteroatoms. The van der Waals surface area contributed by atoms with Gasteiger partial charge in [0.25, 0.3) is 5.91 Å². The van der Waals surface area contributed by atoms with Gasteiger partial charge in [-0.25, -0.2) is 0 Å². The van der Waals surface area contributed by atoms with E-state index in [0.29, 0.717) is 28.6 Å². The Morgan fingerprint density at radius 2 is 2.04 bits per heavy atom. The van der Waals surface area contributed by atoms with Crippen molar-refractivity contribution < 1.29 is 19.0 Å². The van der Waals surface area contributed by atoms with Crippen molar-refractivity contribution in [2.24, 2.45) is 0 Å². The summed E-state index contributed by atoms with van der Waals surface area (Å²) in [7, 11) is 0. The van der Waals surface area contributed by atoms with Crippen LogP contribution in [-0.4, -0.2) is 56.0 Å². The molecule has 1 aromatic rings. The smallest absolute Gasteiger partial charge is 0.251 e. The Labute approximate surface area is 140 Å². The Balaban J connectivity index is 1.53. The third-order valence-corrected chi connectivity index (χ3v) is 4.18. The summed E-state index contributed by atoms with van der Waals surface area (Å²) >= 11 is 6.10. The Kier molecular flexibility index (Phi) is 4.94. The molecule has 0 saturated carbocycles. The van der Waals surface area contributed by atoms with E-state index in [4.69, 9.17) is 25.8 Å². The van der Waals surface area contributed by atoms with Gasteiger partial charge < -0.3 is 19.5 Å². The first kappa shape index (κ1) is 16.4. The Morgan fingerprint density at radius 1 is 1.30 bits per heavy atom. The van der Waals surface area contributed by atoms with Crippen LogP contribution in [0.3, 0.4) is 0 Å². The van der Waals surface area contributed by atoms with E-state index in [1.54, 1.807) is 12.1 Å². The van der Waals surface area contributed by atoms with Crippen LogP contribution in [0.4, 0.5) is 0 Å². The lowest BCUT2D eigenvalue weighted by molar-refractivity contribution is -0.0672. The number of carbonyl (C=O) groups excluding carboxylic acids is 1. The predicted octanol–water partition coefficient (Wildman–Crippen LogP) is 1.91. The second-order valence-electron chi connectivity index (χ2n) is 5.96. The molecule has 2 aliphatic rings. The molecular weight excluding hydrogens is 320 g/mol. The van der Waals surface area contributed by atoms with Gasteiger partial charge in [0, 0.05) is 31.7 Å². The van der Waals surface area contributed by atoms with Crippen LogP contribution in [0.1, 0.15) is 24.2 Å². The second kappa shape index (κ2) is 6.95. The summed E-state index contributed by atoms with van der Waals surface area (Å²) in [6, 6.07) is 3.26. The summed E-state index contributed by atoms with van der Waals surface area (Å²) in [6.45, 7) is 7.40. The van der Waals surface area contributed by atoms with Crippen molar-refractivity contribution in [3.63, 3.8) is 0 Å². The molecule has 2 aliphatic heterocycles. The number of rotatable bonds is 4. The van der Waals surface area contributed by atoms with Crippen molar-refractivity contribution in [1.29, 1.82) is 0 Å². The number of nitrogens with zero attached hydrogens (tertiary/aromatic N) is 1. The van der Waals surface area contributed by atoms with Crippen LogP contribution in [0.5, 0.6) is 11.5 Å².